The van der Waals surface area contributed by atoms with Crippen molar-refractivity contribution in [1.29, 1.82) is 0 Å². The van der Waals surface area contributed by atoms with Gasteiger partial charge in [0.05, 0.1) is 10.4 Å². The number of aliphatic hydroxyl groups excluding tert-OH is 1. The highest BCUT2D eigenvalue weighted by Crippen LogP contribution is 2.34. The van der Waals surface area contributed by atoms with E-state index in [0.29, 0.717) is 0 Å². The molecule has 2 rings (SSSR count). The number of aliphatic hydroxyl groups is 1. The Morgan fingerprint density at radius 1 is 1.40 bits per heavy atom. The summed E-state index contributed by atoms with van der Waals surface area (Å²) in [7, 11) is 0. The van der Waals surface area contributed by atoms with Crippen molar-refractivity contribution >= 4 is 22.9 Å². The molecule has 0 radical (unpaired) electrons. The van der Waals surface area contributed by atoms with E-state index in [1.54, 1.807) is 19.3 Å². The smallest absolute Gasteiger partial charge is 0.0934 e. The Morgan fingerprint density at radius 3 is 2.80 bits per heavy atom. The molecule has 78 valence electrons. The molecule has 0 saturated carbocycles. The largest absolute Gasteiger partial charge is 0.389 e. The minimum atomic E-state index is -0.496. The summed E-state index contributed by atoms with van der Waals surface area (Å²) in [5.41, 5.74) is 1.83. The molecular weight excluding hydrogens is 230 g/mol. The summed E-state index contributed by atoms with van der Waals surface area (Å²) in [6, 6.07) is 5.61. The van der Waals surface area contributed by atoms with Gasteiger partial charge < -0.3 is 5.11 Å². The number of nitrogens with zero attached hydrogens (tertiary/aromatic N) is 1. The lowest BCUT2D eigenvalue weighted by molar-refractivity contribution is 0.200. The number of pyridine rings is 1. The summed E-state index contributed by atoms with van der Waals surface area (Å²) in [6.07, 6.45) is 2.94. The van der Waals surface area contributed by atoms with Gasteiger partial charge >= 0.3 is 0 Å². The molecule has 0 aliphatic heterocycles. The van der Waals surface area contributed by atoms with Crippen molar-refractivity contribution in [3.63, 3.8) is 0 Å². The van der Waals surface area contributed by atoms with Crippen LogP contribution in [0.2, 0.25) is 4.34 Å². The first kappa shape index (κ1) is 10.6. The molecule has 0 fully saturated rings. The minimum Gasteiger partial charge on any atom is -0.389 e. The zero-order valence-corrected chi connectivity index (χ0v) is 9.72. The van der Waals surface area contributed by atoms with Crippen LogP contribution in [0, 0.1) is 0 Å². The molecule has 15 heavy (non-hydrogen) atoms. The van der Waals surface area contributed by atoms with E-state index in [1.165, 1.54) is 11.3 Å². The fourth-order valence-corrected chi connectivity index (χ4v) is 2.51. The monoisotopic (exact) mass is 239 g/mol. The number of aromatic nitrogens is 1. The molecule has 0 spiro atoms. The van der Waals surface area contributed by atoms with E-state index in [-0.39, 0.29) is 0 Å². The lowest BCUT2D eigenvalue weighted by atomic mass is 10.1. The lowest BCUT2D eigenvalue weighted by Crippen LogP contribution is -1.94. The van der Waals surface area contributed by atoms with Crippen LogP contribution in [0.5, 0.6) is 0 Å². The van der Waals surface area contributed by atoms with Crippen molar-refractivity contribution in [3.8, 4) is 10.4 Å². The summed E-state index contributed by atoms with van der Waals surface area (Å²) < 4.78 is 0.741. The number of rotatable bonds is 2. The highest BCUT2D eigenvalue weighted by Gasteiger charge is 2.10. The average molecular weight is 240 g/mol. The number of hydrogen-bond donors (Lipinski definition) is 1. The van der Waals surface area contributed by atoms with Gasteiger partial charge in [0.1, 0.15) is 0 Å². The number of halogens is 1. The second-order valence-corrected chi connectivity index (χ2v) is 4.96. The van der Waals surface area contributed by atoms with Gasteiger partial charge in [-0.05, 0) is 30.7 Å². The van der Waals surface area contributed by atoms with E-state index in [9.17, 15) is 5.11 Å². The van der Waals surface area contributed by atoms with E-state index < -0.39 is 6.10 Å². The lowest BCUT2D eigenvalue weighted by Gasteiger charge is -2.09. The summed E-state index contributed by atoms with van der Waals surface area (Å²) in [4.78, 5) is 5.10. The van der Waals surface area contributed by atoms with Crippen molar-refractivity contribution in [2.45, 2.75) is 13.0 Å². The van der Waals surface area contributed by atoms with Crippen LogP contribution in [0.25, 0.3) is 10.4 Å². The maximum Gasteiger partial charge on any atom is 0.0934 e. The Bertz CT molecular complexity index is 467. The first-order valence-corrected chi connectivity index (χ1v) is 5.75. The molecule has 2 aromatic rings. The minimum absolute atomic E-state index is 0.496. The Hall–Kier alpha value is -0.900. The normalized spacial score (nSPS) is 12.7. The molecule has 2 heterocycles. The van der Waals surface area contributed by atoms with E-state index in [4.69, 9.17) is 11.6 Å². The van der Waals surface area contributed by atoms with Crippen LogP contribution in [-0.2, 0) is 0 Å². The van der Waals surface area contributed by atoms with Crippen LogP contribution in [0.15, 0.2) is 30.6 Å². The summed E-state index contributed by atoms with van der Waals surface area (Å²) >= 11 is 7.36. The fourth-order valence-electron chi connectivity index (χ4n) is 1.43. The van der Waals surface area contributed by atoms with Gasteiger partial charge in [0.15, 0.2) is 0 Å². The van der Waals surface area contributed by atoms with Crippen LogP contribution >= 0.6 is 22.9 Å². The fraction of sp³-hybridized carbons (Fsp3) is 0.182. The quantitative estimate of drug-likeness (QED) is 0.870. The summed E-state index contributed by atoms with van der Waals surface area (Å²) in [5.74, 6) is 0. The average Bonchev–Trinajstić information content (AvgIpc) is 2.65. The Kier molecular flexibility index (Phi) is 3.05. The molecule has 2 nitrogen and oxygen atoms in total. The SMILES string of the molecule is CC(O)c1ccncc1-c1ccc(Cl)s1. The standard InChI is InChI=1S/C11H10ClNOS/c1-7(14)8-4-5-13-6-9(8)10-2-3-11(12)15-10/h2-7,14H,1H3. The van der Waals surface area contributed by atoms with Crippen LogP contribution in [0.1, 0.15) is 18.6 Å². The van der Waals surface area contributed by atoms with Crippen LogP contribution in [0.3, 0.4) is 0 Å². The molecule has 0 aromatic carbocycles. The van der Waals surface area contributed by atoms with Gasteiger partial charge in [-0.1, -0.05) is 11.6 Å². The highest BCUT2D eigenvalue weighted by atomic mass is 35.5. The van der Waals surface area contributed by atoms with Crippen molar-refractivity contribution in [1.82, 2.24) is 4.98 Å². The van der Waals surface area contributed by atoms with Crippen molar-refractivity contribution in [3.05, 3.63) is 40.5 Å². The third-order valence-electron chi connectivity index (χ3n) is 2.14. The summed E-state index contributed by atoms with van der Waals surface area (Å²) in [5, 5.41) is 9.62. The molecule has 0 saturated heterocycles. The molecule has 2 aromatic heterocycles. The van der Waals surface area contributed by atoms with E-state index in [2.05, 4.69) is 4.98 Å². The topological polar surface area (TPSA) is 33.1 Å². The summed E-state index contributed by atoms with van der Waals surface area (Å²) in [6.45, 7) is 1.74. The maximum absolute atomic E-state index is 9.62. The van der Waals surface area contributed by atoms with Crippen LogP contribution in [-0.4, -0.2) is 10.1 Å². The van der Waals surface area contributed by atoms with Gasteiger partial charge in [-0.25, -0.2) is 0 Å². The van der Waals surface area contributed by atoms with Crippen molar-refractivity contribution in [2.75, 3.05) is 0 Å². The number of thiophene rings is 1. The van der Waals surface area contributed by atoms with Crippen LogP contribution < -0.4 is 0 Å². The van der Waals surface area contributed by atoms with Gasteiger partial charge in [0.2, 0.25) is 0 Å². The van der Waals surface area contributed by atoms with Gasteiger partial charge in [-0.3, -0.25) is 4.98 Å². The first-order chi connectivity index (χ1) is 7.18. The predicted octanol–water partition coefficient (Wildman–Crippen LogP) is 3.52. The van der Waals surface area contributed by atoms with Gasteiger partial charge in [-0.15, -0.1) is 11.3 Å². The second-order valence-electron chi connectivity index (χ2n) is 3.24. The predicted molar refractivity (Wildman–Crippen MR) is 63.2 cm³/mol. The van der Waals surface area contributed by atoms with Gasteiger partial charge in [0, 0.05) is 22.8 Å². The van der Waals surface area contributed by atoms with E-state index >= 15 is 0 Å². The van der Waals surface area contributed by atoms with Crippen molar-refractivity contribution < 1.29 is 5.11 Å². The highest BCUT2D eigenvalue weighted by molar-refractivity contribution is 7.19. The van der Waals surface area contributed by atoms with Gasteiger partial charge in [-0.2, -0.15) is 0 Å². The molecular formula is C11H10ClNOS. The third kappa shape index (κ3) is 2.20. The van der Waals surface area contributed by atoms with Gasteiger partial charge in [0.25, 0.3) is 0 Å². The second kappa shape index (κ2) is 4.31. The molecule has 0 aliphatic rings. The zero-order chi connectivity index (χ0) is 10.8. The molecule has 0 amide bonds. The molecule has 1 N–H and O–H groups in total. The molecule has 1 unspecified atom stereocenters. The third-order valence-corrected chi connectivity index (χ3v) is 3.41. The molecule has 1 atom stereocenters. The molecule has 4 heteroatoms. The zero-order valence-electron chi connectivity index (χ0n) is 8.14. The van der Waals surface area contributed by atoms with E-state index in [0.717, 1.165) is 20.3 Å². The molecule has 0 aliphatic carbocycles. The van der Waals surface area contributed by atoms with E-state index in [1.807, 2.05) is 18.2 Å². The van der Waals surface area contributed by atoms with Crippen molar-refractivity contribution in [2.24, 2.45) is 0 Å². The maximum atomic E-state index is 9.62. The Morgan fingerprint density at radius 2 is 2.20 bits per heavy atom. The number of hydrogen-bond acceptors (Lipinski definition) is 3. The molecule has 0 bridgehead atoms. The Balaban J connectivity index is 2.52. The first-order valence-electron chi connectivity index (χ1n) is 4.56. The van der Waals surface area contributed by atoms with Crippen LogP contribution in [0.4, 0.5) is 0 Å². The Labute approximate surface area is 97.2 Å².